The molecule has 0 atom stereocenters. The number of rotatable bonds is 3. The number of pyridine rings is 2. The van der Waals surface area contributed by atoms with Crippen molar-refractivity contribution >= 4 is 5.82 Å². The van der Waals surface area contributed by atoms with Crippen LogP contribution < -0.4 is 4.90 Å². The molecule has 0 radical (unpaired) electrons. The Kier molecular flexibility index (Phi) is 4.15. The highest BCUT2D eigenvalue weighted by Gasteiger charge is 2.12. The molecule has 0 aromatic carbocycles. The van der Waals surface area contributed by atoms with E-state index < -0.39 is 0 Å². The summed E-state index contributed by atoms with van der Waals surface area (Å²) in [7, 11) is 0. The van der Waals surface area contributed by atoms with Crippen LogP contribution in [0.4, 0.5) is 5.82 Å². The summed E-state index contributed by atoms with van der Waals surface area (Å²) in [5.41, 5.74) is 3.17. The van der Waals surface area contributed by atoms with E-state index >= 15 is 0 Å². The normalized spacial score (nSPS) is 15.5. The van der Waals surface area contributed by atoms with Gasteiger partial charge in [0, 0.05) is 30.5 Å². The second-order valence-electron chi connectivity index (χ2n) is 5.61. The Morgan fingerprint density at radius 2 is 1.90 bits per heavy atom. The van der Waals surface area contributed by atoms with Crippen molar-refractivity contribution in [3.8, 4) is 11.3 Å². The minimum atomic E-state index is 0.436. The second kappa shape index (κ2) is 6.22. The van der Waals surface area contributed by atoms with Crippen molar-refractivity contribution in [2.75, 3.05) is 31.2 Å². The number of hydrogen-bond donors (Lipinski definition) is 0. The summed E-state index contributed by atoms with van der Waals surface area (Å²) >= 11 is 0. The predicted molar refractivity (Wildman–Crippen MR) is 84.6 cm³/mol. The number of aromatic nitrogens is 2. The molecule has 0 unspecified atom stereocenters. The highest BCUT2D eigenvalue weighted by molar-refractivity contribution is 5.60. The van der Waals surface area contributed by atoms with Crippen molar-refractivity contribution in [2.24, 2.45) is 0 Å². The van der Waals surface area contributed by atoms with Gasteiger partial charge in [0.2, 0.25) is 0 Å². The third kappa shape index (κ3) is 3.22. The van der Waals surface area contributed by atoms with E-state index in [-0.39, 0.29) is 0 Å². The SMILES string of the molecule is CC(C)c1cccc(-c2ccc(N3CCOCC3)nc2)n1. The number of nitrogens with zero attached hydrogens (tertiary/aromatic N) is 3. The van der Waals surface area contributed by atoms with Crippen LogP contribution in [0.25, 0.3) is 11.3 Å². The summed E-state index contributed by atoms with van der Waals surface area (Å²) in [6.07, 6.45) is 1.91. The van der Waals surface area contributed by atoms with Gasteiger partial charge in [0.25, 0.3) is 0 Å². The fourth-order valence-electron chi connectivity index (χ4n) is 2.45. The highest BCUT2D eigenvalue weighted by Crippen LogP contribution is 2.22. The standard InChI is InChI=1S/C17H21N3O/c1-13(2)15-4-3-5-16(19-15)14-6-7-17(18-12-14)20-8-10-21-11-9-20/h3-7,12-13H,8-11H2,1-2H3. The average Bonchev–Trinajstić information content (AvgIpc) is 2.56. The third-order valence-corrected chi connectivity index (χ3v) is 3.74. The van der Waals surface area contributed by atoms with Crippen molar-refractivity contribution in [3.63, 3.8) is 0 Å². The van der Waals surface area contributed by atoms with Crippen LogP contribution in [-0.2, 0) is 4.74 Å². The number of morpholine rings is 1. The van der Waals surface area contributed by atoms with Crippen molar-refractivity contribution in [2.45, 2.75) is 19.8 Å². The Morgan fingerprint density at radius 3 is 2.57 bits per heavy atom. The van der Waals surface area contributed by atoms with E-state index in [0.29, 0.717) is 5.92 Å². The number of anilines is 1. The van der Waals surface area contributed by atoms with E-state index in [2.05, 4.69) is 48.0 Å². The molecule has 0 aliphatic carbocycles. The van der Waals surface area contributed by atoms with Gasteiger partial charge >= 0.3 is 0 Å². The van der Waals surface area contributed by atoms with Gasteiger partial charge in [0.15, 0.2) is 0 Å². The summed E-state index contributed by atoms with van der Waals surface area (Å²) in [6, 6.07) is 10.4. The molecule has 4 nitrogen and oxygen atoms in total. The Morgan fingerprint density at radius 1 is 1.10 bits per heavy atom. The lowest BCUT2D eigenvalue weighted by atomic mass is 10.1. The van der Waals surface area contributed by atoms with Gasteiger partial charge in [-0.25, -0.2) is 4.98 Å². The molecular weight excluding hydrogens is 262 g/mol. The Balaban J connectivity index is 1.81. The molecule has 0 bridgehead atoms. The van der Waals surface area contributed by atoms with E-state index in [9.17, 15) is 0 Å². The molecule has 0 amide bonds. The summed E-state index contributed by atoms with van der Waals surface area (Å²) in [5.74, 6) is 1.45. The molecule has 0 N–H and O–H groups in total. The molecule has 3 heterocycles. The molecule has 4 heteroatoms. The summed E-state index contributed by atoms with van der Waals surface area (Å²) in [4.78, 5) is 11.5. The van der Waals surface area contributed by atoms with Crippen LogP contribution >= 0.6 is 0 Å². The van der Waals surface area contributed by atoms with Crippen molar-refractivity contribution in [1.82, 2.24) is 9.97 Å². The van der Waals surface area contributed by atoms with E-state index in [1.165, 1.54) is 0 Å². The van der Waals surface area contributed by atoms with Crippen molar-refractivity contribution < 1.29 is 4.74 Å². The molecule has 2 aromatic heterocycles. The first-order chi connectivity index (χ1) is 10.2. The van der Waals surface area contributed by atoms with Crippen LogP contribution in [0, 0.1) is 0 Å². The van der Waals surface area contributed by atoms with E-state index in [0.717, 1.165) is 49.1 Å². The van der Waals surface area contributed by atoms with Crippen LogP contribution in [0.2, 0.25) is 0 Å². The van der Waals surface area contributed by atoms with Crippen molar-refractivity contribution in [1.29, 1.82) is 0 Å². The van der Waals surface area contributed by atoms with Crippen LogP contribution in [0.3, 0.4) is 0 Å². The maximum Gasteiger partial charge on any atom is 0.128 e. The van der Waals surface area contributed by atoms with Gasteiger partial charge in [0.1, 0.15) is 5.82 Å². The highest BCUT2D eigenvalue weighted by atomic mass is 16.5. The smallest absolute Gasteiger partial charge is 0.128 e. The number of hydrogen-bond acceptors (Lipinski definition) is 4. The first-order valence-electron chi connectivity index (χ1n) is 7.50. The first kappa shape index (κ1) is 14.0. The molecule has 21 heavy (non-hydrogen) atoms. The zero-order chi connectivity index (χ0) is 14.7. The molecule has 1 fully saturated rings. The van der Waals surface area contributed by atoms with Crippen molar-refractivity contribution in [3.05, 3.63) is 42.2 Å². The van der Waals surface area contributed by atoms with E-state index in [4.69, 9.17) is 9.72 Å². The molecule has 2 aromatic rings. The van der Waals surface area contributed by atoms with Gasteiger partial charge in [-0.15, -0.1) is 0 Å². The lowest BCUT2D eigenvalue weighted by Crippen LogP contribution is -2.36. The molecule has 1 saturated heterocycles. The molecular formula is C17H21N3O. The monoisotopic (exact) mass is 283 g/mol. The van der Waals surface area contributed by atoms with Gasteiger partial charge in [0.05, 0.1) is 18.9 Å². The van der Waals surface area contributed by atoms with Gasteiger partial charge in [-0.1, -0.05) is 19.9 Å². The average molecular weight is 283 g/mol. The van der Waals surface area contributed by atoms with Crippen LogP contribution in [-0.4, -0.2) is 36.3 Å². The lowest BCUT2D eigenvalue weighted by Gasteiger charge is -2.27. The fourth-order valence-corrected chi connectivity index (χ4v) is 2.45. The quantitative estimate of drug-likeness (QED) is 0.867. The molecule has 1 aliphatic heterocycles. The molecule has 0 saturated carbocycles. The molecule has 1 aliphatic rings. The zero-order valence-corrected chi connectivity index (χ0v) is 12.6. The summed E-state index contributed by atoms with van der Waals surface area (Å²) in [5, 5.41) is 0. The predicted octanol–water partition coefficient (Wildman–Crippen LogP) is 3.10. The fraction of sp³-hybridized carbons (Fsp3) is 0.412. The van der Waals surface area contributed by atoms with Gasteiger partial charge < -0.3 is 9.64 Å². The second-order valence-corrected chi connectivity index (χ2v) is 5.61. The molecule has 110 valence electrons. The first-order valence-corrected chi connectivity index (χ1v) is 7.50. The Bertz CT molecular complexity index is 589. The van der Waals surface area contributed by atoms with E-state index in [1.54, 1.807) is 0 Å². The largest absolute Gasteiger partial charge is 0.378 e. The topological polar surface area (TPSA) is 38.2 Å². The zero-order valence-electron chi connectivity index (χ0n) is 12.6. The Labute approximate surface area is 125 Å². The summed E-state index contributed by atoms with van der Waals surface area (Å²) in [6.45, 7) is 7.70. The summed E-state index contributed by atoms with van der Waals surface area (Å²) < 4.78 is 5.37. The minimum Gasteiger partial charge on any atom is -0.378 e. The maximum atomic E-state index is 5.37. The van der Waals surface area contributed by atoms with Crippen LogP contribution in [0.1, 0.15) is 25.5 Å². The van der Waals surface area contributed by atoms with Gasteiger partial charge in [-0.3, -0.25) is 4.98 Å². The lowest BCUT2D eigenvalue weighted by molar-refractivity contribution is 0.122. The van der Waals surface area contributed by atoms with Crippen LogP contribution in [0.5, 0.6) is 0 Å². The van der Waals surface area contributed by atoms with Gasteiger partial charge in [-0.2, -0.15) is 0 Å². The third-order valence-electron chi connectivity index (χ3n) is 3.74. The molecule has 3 rings (SSSR count). The van der Waals surface area contributed by atoms with E-state index in [1.807, 2.05) is 12.3 Å². The number of ether oxygens (including phenoxy) is 1. The Hall–Kier alpha value is -1.94. The van der Waals surface area contributed by atoms with Gasteiger partial charge in [-0.05, 0) is 30.2 Å². The molecule has 0 spiro atoms. The van der Waals surface area contributed by atoms with Crippen LogP contribution in [0.15, 0.2) is 36.5 Å². The minimum absolute atomic E-state index is 0.436. The maximum absolute atomic E-state index is 5.37.